The highest BCUT2D eigenvalue weighted by atomic mass is 16.6. The first-order chi connectivity index (χ1) is 18.8. The molecule has 1 fully saturated rings. The maximum Gasteiger partial charge on any atom is 0.295 e. The van der Waals surface area contributed by atoms with Crippen molar-refractivity contribution in [2.45, 2.75) is 58.9 Å². The molecule has 1 saturated heterocycles. The van der Waals surface area contributed by atoms with Crippen LogP contribution in [0.5, 0.6) is 5.75 Å². The Labute approximate surface area is 230 Å². The van der Waals surface area contributed by atoms with Crippen LogP contribution in [0.15, 0.2) is 54.1 Å². The molecule has 9 nitrogen and oxygen atoms in total. The summed E-state index contributed by atoms with van der Waals surface area (Å²) >= 11 is 0. The normalized spacial score (nSPS) is 16.7. The third-order valence-corrected chi connectivity index (χ3v) is 6.91. The molecule has 210 valence electrons. The summed E-state index contributed by atoms with van der Waals surface area (Å²) in [6.45, 7) is 9.82. The van der Waals surface area contributed by atoms with E-state index in [0.29, 0.717) is 30.9 Å². The van der Waals surface area contributed by atoms with Crippen molar-refractivity contribution in [3.8, 4) is 5.75 Å². The molecular formula is C30H39N3O6. The van der Waals surface area contributed by atoms with Gasteiger partial charge < -0.3 is 19.6 Å². The first-order valence-corrected chi connectivity index (χ1v) is 13.8. The number of nitro groups is 1. The average Bonchev–Trinajstić information content (AvgIpc) is 3.19. The molecule has 0 aromatic heterocycles. The number of Topliss-reactive ketones (excluding diaryl/α,β-unsaturated/α-hetero) is 1. The molecule has 1 aliphatic heterocycles. The summed E-state index contributed by atoms with van der Waals surface area (Å²) in [5, 5.41) is 22.5. The van der Waals surface area contributed by atoms with Crippen LogP contribution >= 0.6 is 0 Å². The molecule has 2 aromatic carbocycles. The average molecular weight is 538 g/mol. The van der Waals surface area contributed by atoms with Gasteiger partial charge in [-0.15, -0.1) is 0 Å². The second kappa shape index (κ2) is 14.4. The lowest BCUT2D eigenvalue weighted by molar-refractivity contribution is -0.384. The number of hydrogen-bond donors (Lipinski definition) is 1. The number of rotatable bonds is 15. The molecule has 0 spiro atoms. The van der Waals surface area contributed by atoms with E-state index in [9.17, 15) is 24.8 Å². The van der Waals surface area contributed by atoms with Gasteiger partial charge >= 0.3 is 0 Å². The van der Waals surface area contributed by atoms with E-state index in [1.807, 2.05) is 6.92 Å². The molecule has 1 aliphatic rings. The Balaban J connectivity index is 1.96. The molecule has 39 heavy (non-hydrogen) atoms. The summed E-state index contributed by atoms with van der Waals surface area (Å²) in [4.78, 5) is 41.2. The molecule has 1 N–H and O–H groups in total. The fraction of sp³-hybridized carbons (Fsp3) is 0.467. The minimum Gasteiger partial charge on any atom is -0.507 e. The third-order valence-electron chi connectivity index (χ3n) is 6.91. The highest BCUT2D eigenvalue weighted by Gasteiger charge is 2.45. The van der Waals surface area contributed by atoms with Crippen molar-refractivity contribution in [3.63, 3.8) is 0 Å². The van der Waals surface area contributed by atoms with Crippen molar-refractivity contribution in [1.29, 1.82) is 0 Å². The zero-order valence-corrected chi connectivity index (χ0v) is 23.1. The Kier molecular flexibility index (Phi) is 11.0. The van der Waals surface area contributed by atoms with Gasteiger partial charge in [-0.2, -0.15) is 0 Å². The van der Waals surface area contributed by atoms with Crippen molar-refractivity contribution in [2.24, 2.45) is 0 Å². The fourth-order valence-electron chi connectivity index (χ4n) is 4.86. The molecule has 0 aliphatic carbocycles. The van der Waals surface area contributed by atoms with Crippen LogP contribution in [0.4, 0.5) is 5.69 Å². The number of carbonyl (C=O) groups excluding carboxylic acids is 2. The molecule has 0 bridgehead atoms. The van der Waals surface area contributed by atoms with E-state index in [-0.39, 0.29) is 16.8 Å². The smallest absolute Gasteiger partial charge is 0.295 e. The second-order valence-electron chi connectivity index (χ2n) is 9.70. The number of ketones is 1. The van der Waals surface area contributed by atoms with Gasteiger partial charge in [-0.1, -0.05) is 51.0 Å². The maximum atomic E-state index is 13.3. The zero-order chi connectivity index (χ0) is 28.4. The van der Waals surface area contributed by atoms with Crippen LogP contribution in [0.1, 0.15) is 70.0 Å². The van der Waals surface area contributed by atoms with Gasteiger partial charge in [-0.3, -0.25) is 19.7 Å². The summed E-state index contributed by atoms with van der Waals surface area (Å²) < 4.78 is 5.55. The molecule has 2 aromatic rings. The Hall–Kier alpha value is -3.72. The first kappa shape index (κ1) is 29.8. The van der Waals surface area contributed by atoms with Gasteiger partial charge in [0.1, 0.15) is 11.5 Å². The Morgan fingerprint density at radius 1 is 1.00 bits per heavy atom. The molecule has 3 rings (SSSR count). The van der Waals surface area contributed by atoms with E-state index in [1.165, 1.54) is 29.2 Å². The van der Waals surface area contributed by atoms with Gasteiger partial charge in [-0.25, -0.2) is 0 Å². The molecule has 1 amide bonds. The summed E-state index contributed by atoms with van der Waals surface area (Å²) in [5.74, 6) is -1.26. The largest absolute Gasteiger partial charge is 0.507 e. The van der Waals surface area contributed by atoms with Gasteiger partial charge in [0.2, 0.25) is 0 Å². The number of likely N-dealkylation sites (tertiary alicyclic amines) is 1. The number of nitrogens with zero attached hydrogens (tertiary/aromatic N) is 3. The SMILES string of the molecule is CCCCN(CCCC)CCCN1C(=O)C(=O)C(=C(O)c2cccc([N+](=O)[O-])c2)[C@@H]1c1ccc(OCC)cc1. The number of benzene rings is 2. The molecular weight excluding hydrogens is 498 g/mol. The van der Waals surface area contributed by atoms with Crippen LogP contribution < -0.4 is 4.74 Å². The summed E-state index contributed by atoms with van der Waals surface area (Å²) in [5.41, 5.74) is 0.477. The molecule has 0 unspecified atom stereocenters. The van der Waals surface area contributed by atoms with Crippen LogP contribution in [-0.4, -0.2) is 64.3 Å². The van der Waals surface area contributed by atoms with E-state index < -0.39 is 28.4 Å². The van der Waals surface area contributed by atoms with Crippen molar-refractivity contribution < 1.29 is 24.4 Å². The van der Waals surface area contributed by atoms with Gasteiger partial charge in [-0.05, 0) is 63.5 Å². The summed E-state index contributed by atoms with van der Waals surface area (Å²) in [6.07, 6.45) is 5.08. The quantitative estimate of drug-likeness (QED) is 0.102. The molecule has 1 heterocycles. The predicted molar refractivity (Wildman–Crippen MR) is 151 cm³/mol. The number of nitro benzene ring substituents is 1. The lowest BCUT2D eigenvalue weighted by Crippen LogP contribution is -2.34. The van der Waals surface area contributed by atoms with Crippen molar-refractivity contribution >= 4 is 23.1 Å². The zero-order valence-electron chi connectivity index (χ0n) is 23.1. The number of amides is 1. The van der Waals surface area contributed by atoms with Gasteiger partial charge in [0.05, 0.1) is 23.1 Å². The van der Waals surface area contributed by atoms with Crippen LogP contribution in [0, 0.1) is 10.1 Å². The van der Waals surface area contributed by atoms with Crippen molar-refractivity contribution in [3.05, 3.63) is 75.3 Å². The van der Waals surface area contributed by atoms with E-state index >= 15 is 0 Å². The number of ether oxygens (including phenoxy) is 1. The highest BCUT2D eigenvalue weighted by molar-refractivity contribution is 6.46. The van der Waals surface area contributed by atoms with Crippen molar-refractivity contribution in [1.82, 2.24) is 9.80 Å². The number of aliphatic hydroxyl groups excluding tert-OH is 1. The van der Waals surface area contributed by atoms with Crippen LogP contribution in [0.25, 0.3) is 5.76 Å². The third kappa shape index (κ3) is 7.44. The number of carbonyl (C=O) groups is 2. The fourth-order valence-corrected chi connectivity index (χ4v) is 4.86. The van der Waals surface area contributed by atoms with E-state index in [2.05, 4.69) is 18.7 Å². The monoisotopic (exact) mass is 537 g/mol. The Bertz CT molecular complexity index is 1170. The van der Waals surface area contributed by atoms with E-state index in [0.717, 1.165) is 45.3 Å². The van der Waals surface area contributed by atoms with Crippen LogP contribution in [-0.2, 0) is 9.59 Å². The highest BCUT2D eigenvalue weighted by Crippen LogP contribution is 2.40. The summed E-state index contributed by atoms with van der Waals surface area (Å²) in [6, 6.07) is 11.7. The van der Waals surface area contributed by atoms with Gasteiger partial charge in [0.25, 0.3) is 17.4 Å². The topological polar surface area (TPSA) is 113 Å². The van der Waals surface area contributed by atoms with Crippen molar-refractivity contribution in [2.75, 3.05) is 32.8 Å². The number of hydrogen-bond acceptors (Lipinski definition) is 7. The van der Waals surface area contributed by atoms with E-state index in [4.69, 9.17) is 4.74 Å². The minimum absolute atomic E-state index is 0.0709. The minimum atomic E-state index is -0.820. The number of unbranched alkanes of at least 4 members (excludes halogenated alkanes) is 2. The summed E-state index contributed by atoms with van der Waals surface area (Å²) in [7, 11) is 0. The number of aliphatic hydroxyl groups is 1. The first-order valence-electron chi connectivity index (χ1n) is 13.8. The van der Waals surface area contributed by atoms with Gasteiger partial charge in [0, 0.05) is 24.2 Å². The number of non-ortho nitro benzene ring substituents is 1. The Morgan fingerprint density at radius 3 is 2.23 bits per heavy atom. The predicted octanol–water partition coefficient (Wildman–Crippen LogP) is 5.71. The molecule has 0 radical (unpaired) electrons. The van der Waals surface area contributed by atoms with Crippen LogP contribution in [0.2, 0.25) is 0 Å². The maximum absolute atomic E-state index is 13.3. The molecule has 1 atom stereocenters. The van der Waals surface area contributed by atoms with Gasteiger partial charge in [0.15, 0.2) is 0 Å². The lowest BCUT2D eigenvalue weighted by Gasteiger charge is -2.27. The molecule has 0 saturated carbocycles. The van der Waals surface area contributed by atoms with E-state index in [1.54, 1.807) is 24.3 Å². The molecule has 9 heteroatoms. The second-order valence-corrected chi connectivity index (χ2v) is 9.70. The Morgan fingerprint density at radius 2 is 1.64 bits per heavy atom. The van der Waals surface area contributed by atoms with Crippen LogP contribution in [0.3, 0.4) is 0 Å². The lowest BCUT2D eigenvalue weighted by atomic mass is 9.95. The standard InChI is InChI=1S/C30H39N3O6/c1-4-7-17-31(18-8-5-2)19-10-20-32-27(22-13-15-25(16-14-22)39-6-3)26(29(35)30(32)36)28(34)23-11-9-12-24(21-23)33(37)38/h9,11-16,21,27,34H,4-8,10,17-20H2,1-3H3/t27-/m0/s1.